The molecule has 0 unspecified atom stereocenters. The molecule has 0 aromatic heterocycles. The van der Waals surface area contributed by atoms with Crippen LogP contribution >= 0.6 is 0 Å². The van der Waals surface area contributed by atoms with Crippen molar-refractivity contribution in [1.29, 1.82) is 0 Å². The molecule has 1 aromatic carbocycles. The highest BCUT2D eigenvalue weighted by Gasteiger charge is 2.09. The third-order valence-corrected chi connectivity index (χ3v) is 2.55. The third-order valence-electron chi connectivity index (χ3n) is 2.55. The first kappa shape index (κ1) is 16.3. The molecule has 2 N–H and O–H groups in total. The molecule has 0 fully saturated rings. The monoisotopic (exact) mass is 279 g/mol. The molecule has 0 bridgehead atoms. The van der Waals surface area contributed by atoms with Crippen molar-refractivity contribution in [2.45, 2.75) is 6.54 Å². The smallest absolute Gasteiger partial charge is 0.167 e. The Hall–Kier alpha value is -1.74. The van der Waals surface area contributed by atoms with Crippen LogP contribution in [-0.4, -0.2) is 45.2 Å². The van der Waals surface area contributed by atoms with Crippen LogP contribution in [0.25, 0.3) is 0 Å². The first-order valence-electron chi connectivity index (χ1n) is 6.45. The second-order valence-corrected chi connectivity index (χ2v) is 3.95. The van der Waals surface area contributed by atoms with Crippen molar-refractivity contribution in [2.24, 2.45) is 0 Å². The van der Waals surface area contributed by atoms with Crippen LogP contribution in [-0.2, 0) is 11.3 Å². The minimum atomic E-state index is 0.0416. The van der Waals surface area contributed by atoms with Gasteiger partial charge in [-0.2, -0.15) is 0 Å². The number of aliphatic hydroxyl groups excluding tert-OH is 1. The van der Waals surface area contributed by atoms with Gasteiger partial charge in [-0.05, 0) is 6.07 Å². The first-order valence-corrected chi connectivity index (χ1v) is 6.45. The molecule has 110 valence electrons. The molecule has 0 radical (unpaired) electrons. The van der Waals surface area contributed by atoms with Gasteiger partial charge >= 0.3 is 0 Å². The van der Waals surface area contributed by atoms with Gasteiger partial charge in [0, 0.05) is 18.7 Å². The Morgan fingerprint density at radius 2 is 2.20 bits per heavy atom. The topological polar surface area (TPSA) is 60.0 Å². The van der Waals surface area contributed by atoms with Crippen molar-refractivity contribution < 1.29 is 19.3 Å². The van der Waals surface area contributed by atoms with E-state index in [2.05, 4.69) is 11.2 Å². The summed E-state index contributed by atoms with van der Waals surface area (Å²) >= 11 is 0. The van der Waals surface area contributed by atoms with Crippen LogP contribution in [0.15, 0.2) is 18.2 Å². The lowest BCUT2D eigenvalue weighted by molar-refractivity contribution is 0.0937. The summed E-state index contributed by atoms with van der Waals surface area (Å²) in [5, 5.41) is 11.8. The predicted octanol–water partition coefficient (Wildman–Crippen LogP) is 0.806. The summed E-state index contributed by atoms with van der Waals surface area (Å²) in [4.78, 5) is 0. The fourth-order valence-electron chi connectivity index (χ4n) is 1.67. The second-order valence-electron chi connectivity index (χ2n) is 3.95. The van der Waals surface area contributed by atoms with Crippen LogP contribution in [0.3, 0.4) is 0 Å². The lowest BCUT2D eigenvalue weighted by Gasteiger charge is -2.14. The summed E-state index contributed by atoms with van der Waals surface area (Å²) in [5.74, 6) is 3.77. The number of para-hydroxylation sites is 1. The normalized spacial score (nSPS) is 10.1. The summed E-state index contributed by atoms with van der Waals surface area (Å²) in [6.45, 7) is 2.46. The van der Waals surface area contributed by atoms with E-state index < -0.39 is 0 Å². The zero-order valence-corrected chi connectivity index (χ0v) is 11.7. The van der Waals surface area contributed by atoms with Crippen molar-refractivity contribution in [2.75, 3.05) is 40.1 Å². The van der Waals surface area contributed by atoms with Gasteiger partial charge in [-0.1, -0.05) is 18.1 Å². The number of hydrogen-bond donors (Lipinski definition) is 2. The highest BCUT2D eigenvalue weighted by Crippen LogP contribution is 2.30. The van der Waals surface area contributed by atoms with Gasteiger partial charge in [0.15, 0.2) is 11.5 Å². The lowest BCUT2D eigenvalue weighted by Crippen LogP contribution is -2.20. The van der Waals surface area contributed by atoms with Crippen LogP contribution < -0.4 is 14.8 Å². The van der Waals surface area contributed by atoms with Gasteiger partial charge < -0.3 is 24.6 Å². The van der Waals surface area contributed by atoms with Crippen molar-refractivity contribution in [1.82, 2.24) is 5.32 Å². The van der Waals surface area contributed by atoms with E-state index in [9.17, 15) is 0 Å². The lowest BCUT2D eigenvalue weighted by atomic mass is 10.2. The quantitative estimate of drug-likeness (QED) is 0.490. The number of nitrogens with one attached hydrogen (secondary N) is 1. The van der Waals surface area contributed by atoms with Gasteiger partial charge in [-0.15, -0.1) is 6.42 Å². The van der Waals surface area contributed by atoms with Crippen LogP contribution in [0.1, 0.15) is 5.56 Å². The van der Waals surface area contributed by atoms with Crippen LogP contribution in [0.4, 0.5) is 0 Å². The van der Waals surface area contributed by atoms with E-state index in [4.69, 9.17) is 25.7 Å². The average Bonchev–Trinajstić information content (AvgIpc) is 2.49. The number of hydrogen-bond acceptors (Lipinski definition) is 5. The summed E-state index contributed by atoms with van der Waals surface area (Å²) in [7, 11) is 1.60. The summed E-state index contributed by atoms with van der Waals surface area (Å²) < 4.78 is 16.0. The van der Waals surface area contributed by atoms with Gasteiger partial charge in [0.1, 0.15) is 6.61 Å². The van der Waals surface area contributed by atoms with Crippen LogP contribution in [0.5, 0.6) is 11.5 Å². The SMILES string of the molecule is C#CCOc1c(CNCCOCCO)cccc1OC. The molecule has 1 aromatic rings. The zero-order chi connectivity index (χ0) is 14.6. The minimum Gasteiger partial charge on any atom is -0.493 e. The molecule has 0 saturated heterocycles. The van der Waals surface area contributed by atoms with E-state index in [1.807, 2.05) is 18.2 Å². The Morgan fingerprint density at radius 1 is 1.35 bits per heavy atom. The highest BCUT2D eigenvalue weighted by atomic mass is 16.5. The molecule has 5 nitrogen and oxygen atoms in total. The van der Waals surface area contributed by atoms with E-state index in [-0.39, 0.29) is 13.2 Å². The Balaban J connectivity index is 2.53. The van der Waals surface area contributed by atoms with Gasteiger partial charge in [0.25, 0.3) is 0 Å². The molecule has 5 heteroatoms. The maximum absolute atomic E-state index is 8.59. The van der Waals surface area contributed by atoms with E-state index in [1.54, 1.807) is 7.11 Å². The zero-order valence-electron chi connectivity index (χ0n) is 11.7. The molecule has 0 amide bonds. The van der Waals surface area contributed by atoms with Gasteiger partial charge in [-0.25, -0.2) is 0 Å². The molecule has 0 atom stereocenters. The van der Waals surface area contributed by atoms with Crippen molar-refractivity contribution >= 4 is 0 Å². The van der Waals surface area contributed by atoms with Crippen molar-refractivity contribution in [3.05, 3.63) is 23.8 Å². The van der Waals surface area contributed by atoms with E-state index >= 15 is 0 Å². The number of ether oxygens (including phenoxy) is 3. The maximum Gasteiger partial charge on any atom is 0.167 e. The second kappa shape index (κ2) is 10.1. The first-order chi connectivity index (χ1) is 9.83. The van der Waals surface area contributed by atoms with Gasteiger partial charge in [0.2, 0.25) is 0 Å². The Labute approximate surface area is 119 Å². The molecule has 0 spiro atoms. The predicted molar refractivity (Wildman–Crippen MR) is 76.9 cm³/mol. The highest BCUT2D eigenvalue weighted by molar-refractivity contribution is 5.46. The van der Waals surface area contributed by atoms with E-state index in [0.29, 0.717) is 37.8 Å². The Bertz CT molecular complexity index is 428. The number of terminal acetylenes is 1. The number of benzene rings is 1. The summed E-state index contributed by atoms with van der Waals surface area (Å²) in [6.07, 6.45) is 5.22. The molecular formula is C15H21NO4. The third kappa shape index (κ3) is 5.49. The molecule has 0 aliphatic carbocycles. The van der Waals surface area contributed by atoms with E-state index in [0.717, 1.165) is 5.56 Å². The van der Waals surface area contributed by atoms with E-state index in [1.165, 1.54) is 0 Å². The number of rotatable bonds is 10. The van der Waals surface area contributed by atoms with Gasteiger partial charge in [-0.3, -0.25) is 0 Å². The Kier molecular flexibility index (Phi) is 8.24. The van der Waals surface area contributed by atoms with Crippen molar-refractivity contribution in [3.63, 3.8) is 0 Å². The summed E-state index contributed by atoms with van der Waals surface area (Å²) in [5.41, 5.74) is 0.974. The molecule has 0 aliphatic rings. The van der Waals surface area contributed by atoms with Crippen LogP contribution in [0.2, 0.25) is 0 Å². The van der Waals surface area contributed by atoms with Gasteiger partial charge in [0.05, 0.1) is 26.9 Å². The average molecular weight is 279 g/mol. The minimum absolute atomic E-state index is 0.0416. The van der Waals surface area contributed by atoms with Crippen molar-refractivity contribution in [3.8, 4) is 23.8 Å². The fourth-order valence-corrected chi connectivity index (χ4v) is 1.67. The standard InChI is InChI=1S/C15H21NO4/c1-3-9-20-15-13(5-4-6-14(15)18-2)12-16-7-10-19-11-8-17/h1,4-6,16-17H,7-12H2,2H3. The molecular weight excluding hydrogens is 258 g/mol. The molecule has 0 heterocycles. The fraction of sp³-hybridized carbons (Fsp3) is 0.467. The van der Waals surface area contributed by atoms with Crippen LogP contribution in [0, 0.1) is 12.3 Å². The number of aliphatic hydroxyl groups is 1. The molecule has 0 saturated carbocycles. The molecule has 1 rings (SSSR count). The largest absolute Gasteiger partial charge is 0.493 e. The number of methoxy groups -OCH3 is 1. The Morgan fingerprint density at radius 3 is 2.90 bits per heavy atom. The summed E-state index contributed by atoms with van der Waals surface area (Å²) in [6, 6.07) is 5.69. The molecule has 0 aliphatic heterocycles. The maximum atomic E-state index is 8.59. The molecule has 20 heavy (non-hydrogen) atoms.